The molecule has 0 radical (unpaired) electrons. The Labute approximate surface area is 191 Å². The molecule has 2 N–H and O–H groups in total. The molecule has 3 rings (SSSR count). The zero-order chi connectivity index (χ0) is 19.9. The van der Waals surface area contributed by atoms with Crippen molar-refractivity contribution >= 4 is 35.8 Å². The van der Waals surface area contributed by atoms with Crippen LogP contribution in [0.25, 0.3) is 0 Å². The summed E-state index contributed by atoms with van der Waals surface area (Å²) in [4.78, 5) is 18.4. The lowest BCUT2D eigenvalue weighted by atomic mass is 9.89. The smallest absolute Gasteiger partial charge is 0.222 e. The van der Waals surface area contributed by atoms with E-state index in [4.69, 9.17) is 9.73 Å². The van der Waals surface area contributed by atoms with E-state index in [9.17, 15) is 4.79 Å². The molecule has 0 aliphatic carbocycles. The number of amides is 1. The summed E-state index contributed by atoms with van der Waals surface area (Å²) in [7, 11) is 1.87. The number of ether oxygens (including phenoxy) is 1. The molecule has 2 aliphatic heterocycles. The molecule has 2 saturated heterocycles. The van der Waals surface area contributed by atoms with Crippen molar-refractivity contribution < 1.29 is 9.53 Å². The van der Waals surface area contributed by atoms with E-state index in [1.165, 1.54) is 11.1 Å². The highest BCUT2D eigenvalue weighted by atomic mass is 127. The summed E-state index contributed by atoms with van der Waals surface area (Å²) in [5.41, 5.74) is 2.51. The number of carbonyl (C=O) groups is 1. The van der Waals surface area contributed by atoms with Gasteiger partial charge in [0.25, 0.3) is 0 Å². The third-order valence-corrected chi connectivity index (χ3v) is 5.65. The largest absolute Gasteiger partial charge is 0.373 e. The van der Waals surface area contributed by atoms with Crippen LogP contribution in [-0.2, 0) is 9.53 Å². The van der Waals surface area contributed by atoms with Gasteiger partial charge >= 0.3 is 0 Å². The Kier molecular flexibility index (Phi) is 9.68. The Bertz CT molecular complexity index is 680. The van der Waals surface area contributed by atoms with E-state index in [0.717, 1.165) is 51.5 Å². The minimum atomic E-state index is 0. The van der Waals surface area contributed by atoms with Crippen LogP contribution in [0.15, 0.2) is 29.3 Å². The van der Waals surface area contributed by atoms with E-state index >= 15 is 0 Å². The maximum absolute atomic E-state index is 11.7. The number of aryl methyl sites for hydroxylation is 1. The summed E-state index contributed by atoms with van der Waals surface area (Å²) in [5, 5.41) is 6.87. The molecule has 2 heterocycles. The van der Waals surface area contributed by atoms with E-state index in [-0.39, 0.29) is 42.0 Å². The minimum Gasteiger partial charge on any atom is -0.373 e. The average Bonchev–Trinajstić information content (AvgIpc) is 2.70. The molecular weight excluding hydrogens is 479 g/mol. The first-order chi connectivity index (χ1) is 13.6. The van der Waals surface area contributed by atoms with Crippen molar-refractivity contribution in [2.75, 3.05) is 33.3 Å². The standard InChI is InChI=1S/C22H34N4O2.HI/c1-4-23-22(25-19-11-12-20(27)26(3)15-19)24-14-18-6-5-13-28-21(18)17-9-7-16(2)8-10-17;/h7-10,18-19,21H,4-6,11-15H2,1-3H3,(H2,23,24,25);1H. The second kappa shape index (κ2) is 11.7. The molecule has 0 spiro atoms. The molecule has 1 aromatic rings. The first-order valence-corrected chi connectivity index (χ1v) is 10.5. The van der Waals surface area contributed by atoms with E-state index in [1.54, 1.807) is 4.90 Å². The van der Waals surface area contributed by atoms with Gasteiger partial charge in [0.15, 0.2) is 5.96 Å². The number of hydrogen-bond donors (Lipinski definition) is 2. The van der Waals surface area contributed by atoms with E-state index in [2.05, 4.69) is 48.7 Å². The van der Waals surface area contributed by atoms with Gasteiger partial charge in [0, 0.05) is 51.7 Å². The molecule has 1 aromatic carbocycles. The predicted molar refractivity (Wildman–Crippen MR) is 128 cm³/mol. The number of nitrogens with one attached hydrogen (secondary N) is 2. The summed E-state index contributed by atoms with van der Waals surface area (Å²) in [6.45, 7) is 7.27. The van der Waals surface area contributed by atoms with Crippen molar-refractivity contribution in [2.45, 2.75) is 51.7 Å². The Morgan fingerprint density at radius 3 is 2.72 bits per heavy atom. The number of benzene rings is 1. The van der Waals surface area contributed by atoms with Gasteiger partial charge in [0.05, 0.1) is 6.10 Å². The maximum atomic E-state index is 11.7. The summed E-state index contributed by atoms with van der Waals surface area (Å²) in [5.74, 6) is 1.44. The molecular formula is C22H35IN4O2. The Hall–Kier alpha value is -1.35. The number of rotatable bonds is 5. The lowest BCUT2D eigenvalue weighted by Crippen LogP contribution is -2.51. The SMILES string of the molecule is CCNC(=NCC1CCCOC1c1ccc(C)cc1)NC1CCC(=O)N(C)C1.I. The normalized spacial score (nSPS) is 25.3. The molecule has 3 atom stereocenters. The van der Waals surface area contributed by atoms with Gasteiger partial charge in [0.1, 0.15) is 0 Å². The molecule has 2 fully saturated rings. The van der Waals surface area contributed by atoms with Crippen molar-refractivity contribution in [3.8, 4) is 0 Å². The van der Waals surface area contributed by atoms with Gasteiger partial charge < -0.3 is 20.3 Å². The monoisotopic (exact) mass is 514 g/mol. The Balaban J connectivity index is 0.00000300. The molecule has 2 aliphatic rings. The number of likely N-dealkylation sites (tertiary alicyclic amines) is 1. The van der Waals surface area contributed by atoms with Crippen LogP contribution in [0.5, 0.6) is 0 Å². The zero-order valence-electron chi connectivity index (χ0n) is 17.8. The highest BCUT2D eigenvalue weighted by molar-refractivity contribution is 14.0. The van der Waals surface area contributed by atoms with Crippen LogP contribution in [0.2, 0.25) is 0 Å². The Morgan fingerprint density at radius 2 is 2.03 bits per heavy atom. The summed E-state index contributed by atoms with van der Waals surface area (Å²) < 4.78 is 6.13. The second-order valence-electron chi connectivity index (χ2n) is 7.98. The number of nitrogens with zero attached hydrogens (tertiary/aromatic N) is 2. The summed E-state index contributed by atoms with van der Waals surface area (Å²) in [6.07, 6.45) is 3.77. The van der Waals surface area contributed by atoms with Crippen LogP contribution >= 0.6 is 24.0 Å². The van der Waals surface area contributed by atoms with Crippen LogP contribution in [0.3, 0.4) is 0 Å². The van der Waals surface area contributed by atoms with Crippen LogP contribution in [-0.4, -0.2) is 56.1 Å². The van der Waals surface area contributed by atoms with Crippen molar-refractivity contribution in [3.05, 3.63) is 35.4 Å². The summed E-state index contributed by atoms with van der Waals surface area (Å²) in [6, 6.07) is 8.91. The van der Waals surface area contributed by atoms with Gasteiger partial charge in [-0.05, 0) is 38.7 Å². The third kappa shape index (κ3) is 6.84. The zero-order valence-corrected chi connectivity index (χ0v) is 20.1. The lowest BCUT2D eigenvalue weighted by Gasteiger charge is -2.32. The number of hydrogen-bond acceptors (Lipinski definition) is 3. The minimum absolute atomic E-state index is 0. The molecule has 29 heavy (non-hydrogen) atoms. The van der Waals surface area contributed by atoms with E-state index in [1.807, 2.05) is 7.05 Å². The van der Waals surface area contributed by atoms with Gasteiger partial charge in [0.2, 0.25) is 5.91 Å². The summed E-state index contributed by atoms with van der Waals surface area (Å²) >= 11 is 0. The van der Waals surface area contributed by atoms with Gasteiger partial charge in [-0.25, -0.2) is 0 Å². The first-order valence-electron chi connectivity index (χ1n) is 10.5. The number of likely N-dealkylation sites (N-methyl/N-ethyl adjacent to an activating group) is 1. The highest BCUT2D eigenvalue weighted by Gasteiger charge is 2.28. The predicted octanol–water partition coefficient (Wildman–Crippen LogP) is 3.26. The fourth-order valence-electron chi connectivity index (χ4n) is 4.01. The van der Waals surface area contributed by atoms with Crippen LogP contribution in [0.1, 0.15) is 49.8 Å². The molecule has 1 amide bonds. The van der Waals surface area contributed by atoms with Gasteiger partial charge in [-0.1, -0.05) is 29.8 Å². The third-order valence-electron chi connectivity index (χ3n) is 5.65. The quantitative estimate of drug-likeness (QED) is 0.360. The molecule has 7 heteroatoms. The lowest BCUT2D eigenvalue weighted by molar-refractivity contribution is -0.132. The van der Waals surface area contributed by atoms with Gasteiger partial charge in [-0.15, -0.1) is 24.0 Å². The number of guanidine groups is 1. The fraction of sp³-hybridized carbons (Fsp3) is 0.636. The highest BCUT2D eigenvalue weighted by Crippen LogP contribution is 2.34. The number of piperidine rings is 1. The number of aliphatic imine (C=N–C) groups is 1. The van der Waals surface area contributed by atoms with Gasteiger partial charge in [-0.3, -0.25) is 9.79 Å². The van der Waals surface area contributed by atoms with E-state index < -0.39 is 0 Å². The van der Waals surface area contributed by atoms with E-state index in [0.29, 0.717) is 12.3 Å². The number of carbonyl (C=O) groups excluding carboxylic acids is 1. The van der Waals surface area contributed by atoms with Crippen molar-refractivity contribution in [1.82, 2.24) is 15.5 Å². The molecule has 0 aromatic heterocycles. The fourth-order valence-corrected chi connectivity index (χ4v) is 4.01. The molecule has 0 bridgehead atoms. The van der Waals surface area contributed by atoms with Crippen molar-refractivity contribution in [3.63, 3.8) is 0 Å². The van der Waals surface area contributed by atoms with Crippen molar-refractivity contribution in [2.24, 2.45) is 10.9 Å². The van der Waals surface area contributed by atoms with Gasteiger partial charge in [-0.2, -0.15) is 0 Å². The van der Waals surface area contributed by atoms with Crippen LogP contribution in [0, 0.1) is 12.8 Å². The molecule has 162 valence electrons. The molecule has 6 nitrogen and oxygen atoms in total. The van der Waals surface area contributed by atoms with Crippen LogP contribution < -0.4 is 10.6 Å². The maximum Gasteiger partial charge on any atom is 0.222 e. The topological polar surface area (TPSA) is 66.0 Å². The van der Waals surface area contributed by atoms with Crippen LogP contribution in [0.4, 0.5) is 0 Å². The average molecular weight is 514 g/mol. The second-order valence-corrected chi connectivity index (χ2v) is 7.98. The number of halogens is 1. The molecule has 0 saturated carbocycles. The molecule has 3 unspecified atom stereocenters. The van der Waals surface area contributed by atoms with Crippen molar-refractivity contribution in [1.29, 1.82) is 0 Å². The first kappa shape index (κ1) is 23.9. The Morgan fingerprint density at radius 1 is 1.28 bits per heavy atom.